The highest BCUT2D eigenvalue weighted by atomic mass is 16.3. The Bertz CT molecular complexity index is 800. The molecule has 110 valence electrons. The van der Waals surface area contributed by atoms with Gasteiger partial charge in [0.2, 0.25) is 0 Å². The third-order valence-corrected chi connectivity index (χ3v) is 4.07. The Kier molecular flexibility index (Phi) is 3.60. The second-order valence-corrected chi connectivity index (χ2v) is 5.52. The molecule has 0 aromatic heterocycles. The first-order chi connectivity index (χ1) is 10.6. The van der Waals surface area contributed by atoms with Gasteiger partial charge in [0, 0.05) is 0 Å². The number of aromatic hydroxyl groups is 2. The van der Waals surface area contributed by atoms with E-state index in [9.17, 15) is 10.2 Å². The Balaban J connectivity index is 2.25. The number of hydrogen-bond acceptors (Lipinski definition) is 2. The van der Waals surface area contributed by atoms with Gasteiger partial charge in [-0.3, -0.25) is 0 Å². The van der Waals surface area contributed by atoms with E-state index in [2.05, 4.69) is 26.0 Å². The zero-order chi connectivity index (χ0) is 15.7. The lowest BCUT2D eigenvalue weighted by Gasteiger charge is -2.16. The zero-order valence-corrected chi connectivity index (χ0v) is 12.7. The van der Waals surface area contributed by atoms with Crippen LogP contribution in [0.4, 0.5) is 0 Å². The Hall–Kier alpha value is -2.74. The molecule has 0 bridgehead atoms. The van der Waals surface area contributed by atoms with Crippen molar-refractivity contribution in [2.45, 2.75) is 13.8 Å². The molecule has 0 atom stereocenters. The smallest absolute Gasteiger partial charge is 0.115 e. The summed E-state index contributed by atoms with van der Waals surface area (Å²) in [5, 5.41) is 19.0. The van der Waals surface area contributed by atoms with Gasteiger partial charge in [-0.05, 0) is 71.5 Å². The molecule has 3 aromatic carbocycles. The minimum atomic E-state index is 0.263. The van der Waals surface area contributed by atoms with E-state index < -0.39 is 0 Å². The molecule has 3 rings (SSSR count). The molecule has 2 N–H and O–H groups in total. The summed E-state index contributed by atoms with van der Waals surface area (Å²) in [6.07, 6.45) is 0. The van der Waals surface area contributed by atoms with Crippen LogP contribution in [-0.2, 0) is 0 Å². The molecule has 0 aliphatic rings. The van der Waals surface area contributed by atoms with E-state index in [4.69, 9.17) is 0 Å². The van der Waals surface area contributed by atoms with Crippen LogP contribution in [0, 0.1) is 13.8 Å². The molecule has 0 fully saturated rings. The Labute approximate surface area is 130 Å². The summed E-state index contributed by atoms with van der Waals surface area (Å²) < 4.78 is 0. The first kappa shape index (κ1) is 14.2. The lowest BCUT2D eigenvalue weighted by atomic mass is 9.89. The van der Waals surface area contributed by atoms with Gasteiger partial charge < -0.3 is 10.2 Å². The topological polar surface area (TPSA) is 40.5 Å². The average Bonchev–Trinajstić information content (AvgIpc) is 2.52. The van der Waals surface area contributed by atoms with Crippen LogP contribution in [0.5, 0.6) is 11.5 Å². The maximum Gasteiger partial charge on any atom is 0.115 e. The minimum Gasteiger partial charge on any atom is -0.508 e. The summed E-state index contributed by atoms with van der Waals surface area (Å²) in [7, 11) is 0. The molecule has 2 heteroatoms. The fourth-order valence-corrected chi connectivity index (χ4v) is 2.70. The van der Waals surface area contributed by atoms with Crippen LogP contribution in [-0.4, -0.2) is 10.2 Å². The summed E-state index contributed by atoms with van der Waals surface area (Å²) in [6.45, 7) is 4.21. The summed E-state index contributed by atoms with van der Waals surface area (Å²) >= 11 is 0. The van der Waals surface area contributed by atoms with Crippen molar-refractivity contribution in [3.8, 4) is 33.8 Å². The molecule has 22 heavy (non-hydrogen) atoms. The second-order valence-electron chi connectivity index (χ2n) is 5.52. The molecular formula is C20H18O2. The van der Waals surface area contributed by atoms with Crippen molar-refractivity contribution in [3.63, 3.8) is 0 Å². The number of phenolic OH excluding ortho intramolecular Hbond substituents is 2. The molecule has 0 aliphatic heterocycles. The average molecular weight is 290 g/mol. The largest absolute Gasteiger partial charge is 0.508 e. The van der Waals surface area contributed by atoms with Crippen LogP contribution in [0.1, 0.15) is 11.1 Å². The van der Waals surface area contributed by atoms with E-state index in [-0.39, 0.29) is 11.5 Å². The van der Waals surface area contributed by atoms with Gasteiger partial charge in [0.25, 0.3) is 0 Å². The first-order valence-corrected chi connectivity index (χ1v) is 7.25. The molecule has 0 aliphatic carbocycles. The van der Waals surface area contributed by atoms with Gasteiger partial charge in [-0.25, -0.2) is 0 Å². The van der Waals surface area contributed by atoms with Crippen molar-refractivity contribution in [1.29, 1.82) is 0 Å². The maximum atomic E-state index is 9.52. The lowest BCUT2D eigenvalue weighted by Crippen LogP contribution is -1.92. The van der Waals surface area contributed by atoms with Crippen molar-refractivity contribution >= 4 is 0 Å². The molecule has 0 saturated heterocycles. The summed E-state index contributed by atoms with van der Waals surface area (Å²) in [4.78, 5) is 0. The molecule has 3 aromatic rings. The molecule has 0 saturated carbocycles. The van der Waals surface area contributed by atoms with Crippen LogP contribution in [0.3, 0.4) is 0 Å². The zero-order valence-electron chi connectivity index (χ0n) is 12.7. The molecule has 0 spiro atoms. The Morgan fingerprint density at radius 2 is 1.09 bits per heavy atom. The van der Waals surface area contributed by atoms with Crippen LogP contribution >= 0.6 is 0 Å². The number of phenols is 2. The third-order valence-electron chi connectivity index (χ3n) is 4.07. The molecule has 2 nitrogen and oxygen atoms in total. The Morgan fingerprint density at radius 1 is 0.591 bits per heavy atom. The van der Waals surface area contributed by atoms with E-state index in [1.54, 1.807) is 24.3 Å². The number of benzene rings is 3. The van der Waals surface area contributed by atoms with Gasteiger partial charge in [-0.2, -0.15) is 0 Å². The van der Waals surface area contributed by atoms with Crippen LogP contribution in [0.15, 0.2) is 60.7 Å². The van der Waals surface area contributed by atoms with Crippen LogP contribution in [0.2, 0.25) is 0 Å². The highest BCUT2D eigenvalue weighted by Gasteiger charge is 2.12. The monoisotopic (exact) mass is 290 g/mol. The highest BCUT2D eigenvalue weighted by Crippen LogP contribution is 2.37. The van der Waals surface area contributed by atoms with Gasteiger partial charge in [-0.15, -0.1) is 0 Å². The van der Waals surface area contributed by atoms with Crippen molar-refractivity contribution in [2.75, 3.05) is 0 Å². The van der Waals surface area contributed by atoms with E-state index >= 15 is 0 Å². The minimum absolute atomic E-state index is 0.263. The predicted molar refractivity (Wildman–Crippen MR) is 90.1 cm³/mol. The molecular weight excluding hydrogens is 272 g/mol. The fourth-order valence-electron chi connectivity index (χ4n) is 2.70. The number of rotatable bonds is 2. The summed E-state index contributed by atoms with van der Waals surface area (Å²) in [5.41, 5.74) is 6.85. The second kappa shape index (κ2) is 5.57. The van der Waals surface area contributed by atoms with Gasteiger partial charge in [0.05, 0.1) is 0 Å². The lowest BCUT2D eigenvalue weighted by molar-refractivity contribution is 0.475. The van der Waals surface area contributed by atoms with Gasteiger partial charge >= 0.3 is 0 Å². The Morgan fingerprint density at radius 3 is 1.64 bits per heavy atom. The summed E-state index contributed by atoms with van der Waals surface area (Å²) in [6, 6.07) is 18.7. The van der Waals surface area contributed by atoms with Gasteiger partial charge in [-0.1, -0.05) is 36.4 Å². The van der Waals surface area contributed by atoms with Gasteiger partial charge in [0.1, 0.15) is 11.5 Å². The van der Waals surface area contributed by atoms with E-state index in [1.807, 2.05) is 24.3 Å². The standard InChI is InChI=1S/C20H18O2/c1-13-3-12-19(15-4-8-17(21)9-5-15)20(14(13)2)16-6-10-18(22)11-7-16/h3-12,21-22H,1-2H3. The summed E-state index contributed by atoms with van der Waals surface area (Å²) in [5.74, 6) is 0.527. The predicted octanol–water partition coefficient (Wildman–Crippen LogP) is 5.05. The number of aryl methyl sites for hydroxylation is 1. The SMILES string of the molecule is Cc1ccc(-c2ccc(O)cc2)c(-c2ccc(O)cc2)c1C. The van der Waals surface area contributed by atoms with Crippen molar-refractivity contribution in [3.05, 3.63) is 71.8 Å². The van der Waals surface area contributed by atoms with E-state index in [1.165, 1.54) is 11.1 Å². The van der Waals surface area contributed by atoms with E-state index in [0.29, 0.717) is 0 Å². The fraction of sp³-hybridized carbons (Fsp3) is 0.100. The number of hydrogen-bond donors (Lipinski definition) is 2. The van der Waals surface area contributed by atoms with Crippen molar-refractivity contribution in [1.82, 2.24) is 0 Å². The van der Waals surface area contributed by atoms with Gasteiger partial charge in [0.15, 0.2) is 0 Å². The molecule has 0 amide bonds. The third kappa shape index (κ3) is 2.56. The highest BCUT2D eigenvalue weighted by molar-refractivity contribution is 5.86. The quantitative estimate of drug-likeness (QED) is 0.693. The van der Waals surface area contributed by atoms with Crippen LogP contribution < -0.4 is 0 Å². The molecule has 0 radical (unpaired) electrons. The maximum absolute atomic E-state index is 9.52. The van der Waals surface area contributed by atoms with Crippen molar-refractivity contribution < 1.29 is 10.2 Å². The normalized spacial score (nSPS) is 10.6. The van der Waals surface area contributed by atoms with Crippen LogP contribution in [0.25, 0.3) is 22.3 Å². The van der Waals surface area contributed by atoms with Crippen molar-refractivity contribution in [2.24, 2.45) is 0 Å². The molecule has 0 unspecified atom stereocenters. The van der Waals surface area contributed by atoms with E-state index in [0.717, 1.165) is 22.3 Å². The first-order valence-electron chi connectivity index (χ1n) is 7.25. The molecule has 0 heterocycles.